The fourth-order valence-corrected chi connectivity index (χ4v) is 4.33. The van der Waals surface area contributed by atoms with Crippen LogP contribution in [-0.2, 0) is 4.79 Å². The average Bonchev–Trinajstić information content (AvgIpc) is 3.27. The Hall–Kier alpha value is -3.07. The summed E-state index contributed by atoms with van der Waals surface area (Å²) in [4.78, 5) is 17.1. The Bertz CT molecular complexity index is 1070. The van der Waals surface area contributed by atoms with Crippen LogP contribution in [0.2, 0.25) is 0 Å². The maximum atomic E-state index is 14.3. The Morgan fingerprint density at radius 3 is 2.61 bits per heavy atom. The molecule has 0 unspecified atom stereocenters. The standard InChI is InChI=1S/C24H32FN7O/c1-3-30(4-2)15-7-14-26-24(33)18-12-16-31(17-13-18)22-11-10-21-27-28-23(32(21)29-22)19-8-5-6-9-20(19)25/h5-6,8-11,18H,3-4,7,12-17H2,1-2H3,(H,26,33). The first-order valence-electron chi connectivity index (χ1n) is 11.8. The summed E-state index contributed by atoms with van der Waals surface area (Å²) >= 11 is 0. The molecule has 0 saturated carbocycles. The van der Waals surface area contributed by atoms with Crippen LogP contribution in [-0.4, -0.2) is 69.9 Å². The highest BCUT2D eigenvalue weighted by Gasteiger charge is 2.26. The van der Waals surface area contributed by atoms with Gasteiger partial charge in [-0.25, -0.2) is 4.39 Å². The molecule has 2 aromatic heterocycles. The van der Waals surface area contributed by atoms with Crippen LogP contribution in [0.15, 0.2) is 36.4 Å². The molecule has 1 N–H and O–H groups in total. The number of anilines is 1. The minimum absolute atomic E-state index is 0.0299. The van der Waals surface area contributed by atoms with Gasteiger partial charge in [-0.3, -0.25) is 4.79 Å². The van der Waals surface area contributed by atoms with Gasteiger partial charge in [0.1, 0.15) is 11.6 Å². The molecule has 1 aliphatic rings. The monoisotopic (exact) mass is 453 g/mol. The number of rotatable bonds is 9. The molecule has 0 aliphatic carbocycles. The molecule has 4 rings (SSSR count). The Balaban J connectivity index is 1.35. The highest BCUT2D eigenvalue weighted by molar-refractivity contribution is 5.79. The number of aromatic nitrogens is 4. The van der Waals surface area contributed by atoms with E-state index in [2.05, 4.69) is 44.3 Å². The summed E-state index contributed by atoms with van der Waals surface area (Å²) in [5, 5.41) is 16.1. The average molecular weight is 454 g/mol. The lowest BCUT2D eigenvalue weighted by atomic mass is 9.96. The zero-order valence-corrected chi connectivity index (χ0v) is 19.4. The second-order valence-electron chi connectivity index (χ2n) is 8.40. The molecule has 33 heavy (non-hydrogen) atoms. The summed E-state index contributed by atoms with van der Waals surface area (Å²) in [7, 11) is 0. The second-order valence-corrected chi connectivity index (χ2v) is 8.40. The minimum Gasteiger partial charge on any atom is -0.356 e. The molecule has 176 valence electrons. The summed E-state index contributed by atoms with van der Waals surface area (Å²) < 4.78 is 15.9. The summed E-state index contributed by atoms with van der Waals surface area (Å²) in [5.41, 5.74) is 0.932. The van der Waals surface area contributed by atoms with Gasteiger partial charge >= 0.3 is 0 Å². The van der Waals surface area contributed by atoms with Gasteiger partial charge in [0.05, 0.1) is 5.56 Å². The zero-order chi connectivity index (χ0) is 23.2. The van der Waals surface area contributed by atoms with Gasteiger partial charge in [0.15, 0.2) is 11.5 Å². The lowest BCUT2D eigenvalue weighted by molar-refractivity contribution is -0.125. The van der Waals surface area contributed by atoms with Crippen molar-refractivity contribution in [1.82, 2.24) is 30.0 Å². The van der Waals surface area contributed by atoms with E-state index in [0.717, 1.165) is 64.3 Å². The number of carbonyl (C=O) groups excluding carboxylic acids is 1. The number of hydrogen-bond acceptors (Lipinski definition) is 6. The zero-order valence-electron chi connectivity index (χ0n) is 19.4. The molecular weight excluding hydrogens is 421 g/mol. The minimum atomic E-state index is -0.358. The third kappa shape index (κ3) is 5.30. The van der Waals surface area contributed by atoms with Crippen molar-refractivity contribution in [3.8, 4) is 11.4 Å². The van der Waals surface area contributed by atoms with Crippen molar-refractivity contribution in [2.45, 2.75) is 33.1 Å². The quantitative estimate of drug-likeness (QED) is 0.502. The second kappa shape index (κ2) is 10.7. The van der Waals surface area contributed by atoms with Crippen LogP contribution in [0.1, 0.15) is 33.1 Å². The smallest absolute Gasteiger partial charge is 0.223 e. The molecule has 0 atom stereocenters. The molecule has 3 heterocycles. The van der Waals surface area contributed by atoms with E-state index in [1.807, 2.05) is 12.1 Å². The molecule has 0 radical (unpaired) electrons. The Morgan fingerprint density at radius 2 is 1.88 bits per heavy atom. The van der Waals surface area contributed by atoms with Crippen LogP contribution in [0.25, 0.3) is 17.0 Å². The molecule has 0 bridgehead atoms. The lowest BCUT2D eigenvalue weighted by Gasteiger charge is -2.32. The van der Waals surface area contributed by atoms with Gasteiger partial charge in [0, 0.05) is 25.6 Å². The van der Waals surface area contributed by atoms with Crippen LogP contribution < -0.4 is 10.2 Å². The van der Waals surface area contributed by atoms with Crippen molar-refractivity contribution in [2.24, 2.45) is 5.92 Å². The maximum Gasteiger partial charge on any atom is 0.223 e. The van der Waals surface area contributed by atoms with Gasteiger partial charge in [-0.05, 0) is 63.2 Å². The molecule has 1 saturated heterocycles. The third-order valence-electron chi connectivity index (χ3n) is 6.40. The van der Waals surface area contributed by atoms with Crippen molar-refractivity contribution >= 4 is 17.4 Å². The van der Waals surface area contributed by atoms with Crippen molar-refractivity contribution < 1.29 is 9.18 Å². The molecular formula is C24H32FN7O. The van der Waals surface area contributed by atoms with Crippen LogP contribution in [0.5, 0.6) is 0 Å². The highest BCUT2D eigenvalue weighted by Crippen LogP contribution is 2.25. The predicted octanol–water partition coefficient (Wildman–Crippen LogP) is 2.99. The van der Waals surface area contributed by atoms with E-state index in [1.165, 1.54) is 6.07 Å². The van der Waals surface area contributed by atoms with E-state index in [1.54, 1.807) is 22.7 Å². The van der Waals surface area contributed by atoms with Crippen molar-refractivity contribution in [1.29, 1.82) is 0 Å². The first-order chi connectivity index (χ1) is 16.1. The van der Waals surface area contributed by atoms with E-state index >= 15 is 0 Å². The third-order valence-corrected chi connectivity index (χ3v) is 6.40. The number of amides is 1. The number of hydrogen-bond donors (Lipinski definition) is 1. The largest absolute Gasteiger partial charge is 0.356 e. The van der Waals surface area contributed by atoms with Crippen LogP contribution in [0.4, 0.5) is 10.2 Å². The van der Waals surface area contributed by atoms with E-state index in [-0.39, 0.29) is 17.6 Å². The molecule has 8 nitrogen and oxygen atoms in total. The Kier molecular flexibility index (Phi) is 7.49. The van der Waals surface area contributed by atoms with Crippen molar-refractivity contribution in [3.63, 3.8) is 0 Å². The SMILES string of the molecule is CCN(CC)CCCNC(=O)C1CCN(c2ccc3nnc(-c4ccccc4F)n3n2)CC1. The lowest BCUT2D eigenvalue weighted by Crippen LogP contribution is -2.41. The highest BCUT2D eigenvalue weighted by atomic mass is 19.1. The summed E-state index contributed by atoms with van der Waals surface area (Å²) in [6.07, 6.45) is 2.54. The van der Waals surface area contributed by atoms with Crippen LogP contribution >= 0.6 is 0 Å². The van der Waals surface area contributed by atoms with E-state index in [9.17, 15) is 9.18 Å². The summed E-state index contributed by atoms with van der Waals surface area (Å²) in [6.45, 7) is 9.62. The summed E-state index contributed by atoms with van der Waals surface area (Å²) in [6, 6.07) is 10.2. The van der Waals surface area contributed by atoms with Crippen LogP contribution in [0, 0.1) is 11.7 Å². The number of halogens is 1. The number of benzene rings is 1. The van der Waals surface area contributed by atoms with E-state index in [0.29, 0.717) is 17.0 Å². The summed E-state index contributed by atoms with van der Waals surface area (Å²) in [5.74, 6) is 0.977. The van der Waals surface area contributed by atoms with Gasteiger partial charge < -0.3 is 15.1 Å². The van der Waals surface area contributed by atoms with Crippen molar-refractivity contribution in [3.05, 3.63) is 42.2 Å². The molecule has 1 aromatic carbocycles. The van der Waals surface area contributed by atoms with Crippen molar-refractivity contribution in [2.75, 3.05) is 44.2 Å². The number of piperidine rings is 1. The fraction of sp³-hybridized carbons (Fsp3) is 0.500. The van der Waals surface area contributed by atoms with Crippen LogP contribution in [0.3, 0.4) is 0 Å². The maximum absolute atomic E-state index is 14.3. The topological polar surface area (TPSA) is 78.7 Å². The number of fused-ring (bicyclic) bond motifs is 1. The Morgan fingerprint density at radius 1 is 1.12 bits per heavy atom. The number of nitrogens with one attached hydrogen (secondary N) is 1. The normalized spacial score (nSPS) is 14.8. The van der Waals surface area contributed by atoms with Gasteiger partial charge in [-0.1, -0.05) is 26.0 Å². The molecule has 9 heteroatoms. The first kappa shape index (κ1) is 23.1. The number of nitrogens with zero attached hydrogens (tertiary/aromatic N) is 6. The van der Waals surface area contributed by atoms with Gasteiger partial charge in [-0.2, -0.15) is 4.52 Å². The van der Waals surface area contributed by atoms with Gasteiger partial charge in [-0.15, -0.1) is 15.3 Å². The Labute approximate surface area is 193 Å². The molecule has 1 aliphatic heterocycles. The molecule has 1 amide bonds. The van der Waals surface area contributed by atoms with Gasteiger partial charge in [0.25, 0.3) is 0 Å². The molecule has 0 spiro atoms. The molecule has 3 aromatic rings. The van der Waals surface area contributed by atoms with E-state index < -0.39 is 0 Å². The molecule has 1 fully saturated rings. The number of carbonyl (C=O) groups is 1. The fourth-order valence-electron chi connectivity index (χ4n) is 4.33. The van der Waals surface area contributed by atoms with E-state index in [4.69, 9.17) is 0 Å². The van der Waals surface area contributed by atoms with Gasteiger partial charge in [0.2, 0.25) is 5.91 Å². The first-order valence-corrected chi connectivity index (χ1v) is 11.8. The predicted molar refractivity (Wildman–Crippen MR) is 127 cm³/mol.